The first-order chi connectivity index (χ1) is 18.8. The molecule has 10 heteroatoms. The van der Waals surface area contributed by atoms with E-state index in [2.05, 4.69) is 47.9 Å². The smallest absolute Gasteiger partial charge is 0.251 e. The second kappa shape index (κ2) is 15.5. The first-order valence-electron chi connectivity index (χ1n) is 13.3. The predicted molar refractivity (Wildman–Crippen MR) is 149 cm³/mol. The molecule has 1 saturated heterocycles. The van der Waals surface area contributed by atoms with Crippen molar-refractivity contribution in [3.63, 3.8) is 0 Å². The SMILES string of the molecule is O=C(NCCOCCOCCNc1nc(NCCc2ccccc2)nc(N2CCCC2)n1)c1ccccc1. The van der Waals surface area contributed by atoms with E-state index in [1.165, 1.54) is 5.56 Å². The number of ether oxygens (including phenoxy) is 2. The monoisotopic (exact) mass is 519 g/mol. The molecule has 0 bridgehead atoms. The highest BCUT2D eigenvalue weighted by atomic mass is 16.5. The molecule has 1 amide bonds. The van der Waals surface area contributed by atoms with Crippen molar-refractivity contribution < 1.29 is 14.3 Å². The van der Waals surface area contributed by atoms with Crippen LogP contribution in [0.25, 0.3) is 0 Å². The van der Waals surface area contributed by atoms with Gasteiger partial charge in [-0.25, -0.2) is 0 Å². The molecule has 38 heavy (non-hydrogen) atoms. The number of anilines is 3. The van der Waals surface area contributed by atoms with Crippen molar-refractivity contribution in [1.29, 1.82) is 0 Å². The van der Waals surface area contributed by atoms with E-state index in [0.29, 0.717) is 62.9 Å². The van der Waals surface area contributed by atoms with Crippen molar-refractivity contribution in [2.45, 2.75) is 19.3 Å². The molecule has 3 aromatic rings. The third-order valence-corrected chi connectivity index (χ3v) is 6.02. The Morgan fingerprint density at radius 3 is 2.03 bits per heavy atom. The first-order valence-corrected chi connectivity index (χ1v) is 13.3. The van der Waals surface area contributed by atoms with Crippen LogP contribution in [0.3, 0.4) is 0 Å². The second-order valence-electron chi connectivity index (χ2n) is 8.91. The van der Waals surface area contributed by atoms with Crippen LogP contribution in [-0.4, -0.2) is 80.0 Å². The van der Waals surface area contributed by atoms with Gasteiger partial charge in [0.2, 0.25) is 17.8 Å². The van der Waals surface area contributed by atoms with E-state index in [9.17, 15) is 4.79 Å². The van der Waals surface area contributed by atoms with Gasteiger partial charge >= 0.3 is 0 Å². The standard InChI is InChI=1S/C28H37N7O3/c36-25(24-11-5-2-6-12-24)29-15-19-37-21-22-38-20-16-31-27-32-26(30-14-13-23-9-3-1-4-10-23)33-28(34-27)35-17-7-8-18-35/h1-6,9-12H,7-8,13-22H2,(H,29,36)(H2,30,31,32,33,34). The minimum absolute atomic E-state index is 0.0997. The fraction of sp³-hybridized carbons (Fsp3) is 0.429. The lowest BCUT2D eigenvalue weighted by atomic mass is 10.1. The van der Waals surface area contributed by atoms with Crippen molar-refractivity contribution in [1.82, 2.24) is 20.3 Å². The summed E-state index contributed by atoms with van der Waals surface area (Å²) in [6, 6.07) is 19.5. The van der Waals surface area contributed by atoms with E-state index in [1.54, 1.807) is 12.1 Å². The fourth-order valence-electron chi connectivity index (χ4n) is 4.03. The van der Waals surface area contributed by atoms with Crippen molar-refractivity contribution in [3.05, 3.63) is 71.8 Å². The topological polar surface area (TPSA) is 114 Å². The maximum atomic E-state index is 12.0. The van der Waals surface area contributed by atoms with E-state index in [4.69, 9.17) is 9.47 Å². The van der Waals surface area contributed by atoms with Gasteiger partial charge in [-0.1, -0.05) is 48.5 Å². The van der Waals surface area contributed by atoms with Gasteiger partial charge in [0, 0.05) is 38.3 Å². The molecule has 10 nitrogen and oxygen atoms in total. The van der Waals surface area contributed by atoms with Gasteiger partial charge in [-0.05, 0) is 37.0 Å². The molecule has 1 aliphatic rings. The summed E-state index contributed by atoms with van der Waals surface area (Å²) in [4.78, 5) is 28.0. The van der Waals surface area contributed by atoms with Crippen LogP contribution in [0.15, 0.2) is 60.7 Å². The normalized spacial score (nSPS) is 12.9. The molecule has 3 N–H and O–H groups in total. The zero-order valence-corrected chi connectivity index (χ0v) is 21.8. The highest BCUT2D eigenvalue weighted by Gasteiger charge is 2.17. The van der Waals surface area contributed by atoms with E-state index in [-0.39, 0.29) is 5.91 Å². The van der Waals surface area contributed by atoms with Crippen LogP contribution in [0.4, 0.5) is 17.8 Å². The molecular weight excluding hydrogens is 482 g/mol. The van der Waals surface area contributed by atoms with Crippen LogP contribution in [0.1, 0.15) is 28.8 Å². The molecule has 2 aromatic carbocycles. The highest BCUT2D eigenvalue weighted by Crippen LogP contribution is 2.18. The number of nitrogens with one attached hydrogen (secondary N) is 3. The summed E-state index contributed by atoms with van der Waals surface area (Å²) < 4.78 is 11.2. The molecule has 2 heterocycles. The van der Waals surface area contributed by atoms with Crippen molar-refractivity contribution in [3.8, 4) is 0 Å². The van der Waals surface area contributed by atoms with Crippen LogP contribution in [-0.2, 0) is 15.9 Å². The third kappa shape index (κ3) is 9.28. The second-order valence-corrected chi connectivity index (χ2v) is 8.91. The Balaban J connectivity index is 1.12. The Kier molecular flexibility index (Phi) is 11.1. The largest absolute Gasteiger partial charge is 0.377 e. The molecule has 0 spiro atoms. The van der Waals surface area contributed by atoms with Gasteiger partial charge in [0.05, 0.1) is 26.4 Å². The minimum atomic E-state index is -0.0997. The molecule has 0 radical (unpaired) electrons. The Morgan fingerprint density at radius 2 is 1.34 bits per heavy atom. The van der Waals surface area contributed by atoms with E-state index >= 15 is 0 Å². The molecule has 0 unspecified atom stereocenters. The molecule has 1 fully saturated rings. The molecule has 4 rings (SSSR count). The van der Waals surface area contributed by atoms with Gasteiger partial charge < -0.3 is 30.3 Å². The van der Waals surface area contributed by atoms with E-state index < -0.39 is 0 Å². The van der Waals surface area contributed by atoms with Crippen molar-refractivity contribution in [2.24, 2.45) is 0 Å². The van der Waals surface area contributed by atoms with Gasteiger partial charge in [-0.2, -0.15) is 15.0 Å². The number of hydrogen-bond acceptors (Lipinski definition) is 9. The first kappa shape index (κ1) is 27.3. The summed E-state index contributed by atoms with van der Waals surface area (Å²) in [5.41, 5.74) is 1.91. The van der Waals surface area contributed by atoms with E-state index in [0.717, 1.165) is 38.9 Å². The zero-order valence-electron chi connectivity index (χ0n) is 21.8. The number of aromatic nitrogens is 3. The zero-order chi connectivity index (χ0) is 26.3. The number of rotatable bonds is 16. The van der Waals surface area contributed by atoms with E-state index in [1.807, 2.05) is 36.4 Å². The summed E-state index contributed by atoms with van der Waals surface area (Å²) >= 11 is 0. The number of nitrogens with zero attached hydrogens (tertiary/aromatic N) is 4. The Bertz CT molecular complexity index is 1100. The van der Waals surface area contributed by atoms with Gasteiger partial charge in [-0.15, -0.1) is 0 Å². The molecule has 0 atom stereocenters. The lowest BCUT2D eigenvalue weighted by Gasteiger charge is -2.17. The number of carbonyl (C=O) groups excluding carboxylic acids is 1. The summed E-state index contributed by atoms with van der Waals surface area (Å²) in [6.07, 6.45) is 3.20. The molecule has 0 saturated carbocycles. The van der Waals surface area contributed by atoms with Crippen LogP contribution < -0.4 is 20.9 Å². The van der Waals surface area contributed by atoms with Crippen LogP contribution in [0.5, 0.6) is 0 Å². The maximum Gasteiger partial charge on any atom is 0.251 e. The Morgan fingerprint density at radius 1 is 0.737 bits per heavy atom. The predicted octanol–water partition coefficient (Wildman–Crippen LogP) is 3.00. The van der Waals surface area contributed by atoms with Gasteiger partial charge in [0.15, 0.2) is 0 Å². The third-order valence-electron chi connectivity index (χ3n) is 6.02. The van der Waals surface area contributed by atoms with Crippen LogP contribution in [0.2, 0.25) is 0 Å². The Labute approximate surface area is 224 Å². The van der Waals surface area contributed by atoms with Crippen molar-refractivity contribution >= 4 is 23.8 Å². The minimum Gasteiger partial charge on any atom is -0.377 e. The number of carbonyl (C=O) groups is 1. The number of amides is 1. The Hall–Kier alpha value is -3.76. The molecule has 202 valence electrons. The molecule has 1 aromatic heterocycles. The average Bonchev–Trinajstić information content (AvgIpc) is 3.50. The lowest BCUT2D eigenvalue weighted by Crippen LogP contribution is -2.27. The highest BCUT2D eigenvalue weighted by molar-refractivity contribution is 5.94. The average molecular weight is 520 g/mol. The molecular formula is C28H37N7O3. The van der Waals surface area contributed by atoms with Gasteiger partial charge in [0.25, 0.3) is 5.91 Å². The van der Waals surface area contributed by atoms with Gasteiger partial charge in [-0.3, -0.25) is 4.79 Å². The quantitative estimate of drug-likeness (QED) is 0.246. The van der Waals surface area contributed by atoms with Crippen LogP contribution >= 0.6 is 0 Å². The summed E-state index contributed by atoms with van der Waals surface area (Å²) in [5.74, 6) is 1.72. The fourth-order valence-corrected chi connectivity index (χ4v) is 4.03. The maximum absolute atomic E-state index is 12.0. The summed E-state index contributed by atoms with van der Waals surface area (Å²) in [5, 5.41) is 9.44. The molecule has 1 aliphatic heterocycles. The lowest BCUT2D eigenvalue weighted by molar-refractivity contribution is 0.0519. The van der Waals surface area contributed by atoms with Gasteiger partial charge in [0.1, 0.15) is 0 Å². The summed E-state index contributed by atoms with van der Waals surface area (Å²) in [6.45, 7) is 5.55. The summed E-state index contributed by atoms with van der Waals surface area (Å²) in [7, 11) is 0. The van der Waals surface area contributed by atoms with Crippen molar-refractivity contribution in [2.75, 3.05) is 74.7 Å². The molecule has 0 aliphatic carbocycles. The number of benzene rings is 2. The number of hydrogen-bond donors (Lipinski definition) is 3. The van der Waals surface area contributed by atoms with Crippen LogP contribution in [0, 0.1) is 0 Å².